The Morgan fingerprint density at radius 1 is 0.500 bits per heavy atom. The van der Waals surface area contributed by atoms with Crippen LogP contribution in [0.5, 0.6) is 0 Å². The molecule has 1 aliphatic carbocycles. The molecule has 0 aromatic rings. The van der Waals surface area contributed by atoms with E-state index >= 15 is 0 Å². The molecule has 0 fully saturated rings. The van der Waals surface area contributed by atoms with Crippen molar-refractivity contribution in [1.29, 1.82) is 0 Å². The Morgan fingerprint density at radius 3 is 1.86 bits per heavy atom. The van der Waals surface area contributed by atoms with Gasteiger partial charge in [-0.05, 0) is 38.5 Å². The van der Waals surface area contributed by atoms with Gasteiger partial charge in [0, 0.05) is 0 Å². The fourth-order valence-corrected chi connectivity index (χ4v) is 1.30. The predicted octanol–water partition coefficient (Wildman–Crippen LogP) is 4.38. The number of hydrogen-bond acceptors (Lipinski definition) is 0. The Balaban J connectivity index is 2.34. The molecule has 0 aromatic carbocycles. The van der Waals surface area contributed by atoms with Gasteiger partial charge in [-0.15, -0.1) is 0 Å². The molecular formula is C14H19. The Hall–Kier alpha value is -1.04. The third-order valence-corrected chi connectivity index (χ3v) is 2.09. The number of hydrogen-bond donors (Lipinski definition) is 0. The second-order valence-electron chi connectivity index (χ2n) is 3.38. The summed E-state index contributed by atoms with van der Waals surface area (Å²) in [6, 6.07) is 0. The van der Waals surface area contributed by atoms with Gasteiger partial charge in [0.25, 0.3) is 0 Å². The molecule has 75 valence electrons. The lowest BCUT2D eigenvalue weighted by atomic mass is 10.2. The van der Waals surface area contributed by atoms with Crippen LogP contribution in [0.4, 0.5) is 0 Å². The Morgan fingerprint density at radius 2 is 1.07 bits per heavy atom. The third kappa shape index (κ3) is 6.47. The fraction of sp³-hybridized carbons (Fsp3) is 0.357. The standard InChI is InChI=1S/C14H19/c1-2-4-6-8-10-12-14-13-11-9-7-5-3-1/h1-4,7,9-12H,5-6,8,13-14H2/b3-1+,4-2-,11-9+,12-10-. The van der Waals surface area contributed by atoms with Gasteiger partial charge >= 0.3 is 0 Å². The summed E-state index contributed by atoms with van der Waals surface area (Å²) in [5.41, 5.74) is 0. The summed E-state index contributed by atoms with van der Waals surface area (Å²) in [5, 5.41) is 0. The molecule has 0 heterocycles. The number of allylic oxidation sites excluding steroid dienone is 8. The summed E-state index contributed by atoms with van der Waals surface area (Å²) < 4.78 is 0. The van der Waals surface area contributed by atoms with E-state index in [1.807, 2.05) is 0 Å². The van der Waals surface area contributed by atoms with E-state index in [1.165, 1.54) is 12.8 Å². The second-order valence-corrected chi connectivity index (χ2v) is 3.38. The van der Waals surface area contributed by atoms with Crippen LogP contribution in [-0.2, 0) is 0 Å². The average molecular weight is 187 g/mol. The van der Waals surface area contributed by atoms with Crippen LogP contribution >= 0.6 is 0 Å². The molecular weight excluding hydrogens is 168 g/mol. The van der Waals surface area contributed by atoms with Gasteiger partial charge in [-0.25, -0.2) is 0 Å². The topological polar surface area (TPSA) is 0 Å². The van der Waals surface area contributed by atoms with Crippen molar-refractivity contribution in [3.8, 4) is 0 Å². The van der Waals surface area contributed by atoms with Crippen molar-refractivity contribution in [2.45, 2.75) is 32.1 Å². The van der Waals surface area contributed by atoms with Crippen molar-refractivity contribution in [3.05, 3.63) is 55.0 Å². The van der Waals surface area contributed by atoms with Crippen molar-refractivity contribution < 1.29 is 0 Å². The van der Waals surface area contributed by atoms with Crippen LogP contribution in [0.2, 0.25) is 0 Å². The first-order valence-corrected chi connectivity index (χ1v) is 5.45. The fourth-order valence-electron chi connectivity index (χ4n) is 1.30. The SMILES string of the molecule is [CH]1/C=C/CC/C=C\CC/C=C\C=C\C1. The molecule has 0 unspecified atom stereocenters. The first-order chi connectivity index (χ1) is 7.00. The van der Waals surface area contributed by atoms with E-state index in [-0.39, 0.29) is 0 Å². The molecule has 1 radical (unpaired) electrons. The van der Waals surface area contributed by atoms with E-state index < -0.39 is 0 Å². The molecule has 0 bridgehead atoms. The minimum Gasteiger partial charge on any atom is -0.0882 e. The van der Waals surface area contributed by atoms with Crippen molar-refractivity contribution in [2.24, 2.45) is 0 Å². The highest BCUT2D eigenvalue weighted by Gasteiger charge is 1.81. The minimum atomic E-state index is 1.04. The first-order valence-electron chi connectivity index (χ1n) is 5.45. The van der Waals surface area contributed by atoms with Crippen LogP contribution in [0.15, 0.2) is 48.6 Å². The summed E-state index contributed by atoms with van der Waals surface area (Å²) in [5.74, 6) is 0. The van der Waals surface area contributed by atoms with Crippen molar-refractivity contribution >= 4 is 0 Å². The van der Waals surface area contributed by atoms with E-state index in [9.17, 15) is 0 Å². The molecule has 0 nitrogen and oxygen atoms in total. The van der Waals surface area contributed by atoms with Crippen LogP contribution in [0.3, 0.4) is 0 Å². The highest BCUT2D eigenvalue weighted by atomic mass is 13.9. The molecule has 0 atom stereocenters. The highest BCUT2D eigenvalue weighted by molar-refractivity contribution is 5.07. The van der Waals surface area contributed by atoms with Crippen LogP contribution < -0.4 is 0 Å². The van der Waals surface area contributed by atoms with Gasteiger partial charge in [0.1, 0.15) is 0 Å². The van der Waals surface area contributed by atoms with Crippen molar-refractivity contribution in [1.82, 2.24) is 0 Å². The maximum atomic E-state index is 2.28. The van der Waals surface area contributed by atoms with E-state index in [2.05, 4.69) is 55.0 Å². The molecule has 0 saturated heterocycles. The average Bonchev–Trinajstić information content (AvgIpc) is 2.22. The summed E-state index contributed by atoms with van der Waals surface area (Å²) in [7, 11) is 0. The van der Waals surface area contributed by atoms with Gasteiger partial charge in [0.05, 0.1) is 0 Å². The summed E-state index contributed by atoms with van der Waals surface area (Å²) >= 11 is 0. The highest BCUT2D eigenvalue weighted by Crippen LogP contribution is 2.00. The lowest BCUT2D eigenvalue weighted by Gasteiger charge is -1.90. The van der Waals surface area contributed by atoms with Gasteiger partial charge in [-0.2, -0.15) is 0 Å². The molecule has 0 amide bonds. The van der Waals surface area contributed by atoms with Gasteiger partial charge in [0.2, 0.25) is 0 Å². The van der Waals surface area contributed by atoms with Gasteiger partial charge in [-0.3, -0.25) is 0 Å². The minimum absolute atomic E-state index is 1.04. The van der Waals surface area contributed by atoms with Gasteiger partial charge in [0.15, 0.2) is 0 Å². The summed E-state index contributed by atoms with van der Waals surface area (Å²) in [6.45, 7) is 0. The van der Waals surface area contributed by atoms with Crippen LogP contribution in [0.1, 0.15) is 32.1 Å². The predicted molar refractivity (Wildman–Crippen MR) is 63.9 cm³/mol. The molecule has 0 saturated carbocycles. The van der Waals surface area contributed by atoms with Crippen molar-refractivity contribution in [2.75, 3.05) is 0 Å². The molecule has 0 heteroatoms. The second kappa shape index (κ2) is 8.55. The Labute approximate surface area is 87.7 Å². The molecule has 0 aliphatic heterocycles. The monoisotopic (exact) mass is 187 g/mol. The molecule has 14 heavy (non-hydrogen) atoms. The molecule has 0 N–H and O–H groups in total. The lowest BCUT2D eigenvalue weighted by molar-refractivity contribution is 1.00. The summed E-state index contributed by atoms with van der Waals surface area (Å²) in [6.07, 6.45) is 25.5. The van der Waals surface area contributed by atoms with Crippen LogP contribution in [0.25, 0.3) is 0 Å². The van der Waals surface area contributed by atoms with Gasteiger partial charge in [-0.1, -0.05) is 48.6 Å². The molecule has 1 rings (SSSR count). The van der Waals surface area contributed by atoms with E-state index in [0.29, 0.717) is 0 Å². The largest absolute Gasteiger partial charge is 0.0882 e. The summed E-state index contributed by atoms with van der Waals surface area (Å²) in [4.78, 5) is 0. The van der Waals surface area contributed by atoms with E-state index in [0.717, 1.165) is 19.3 Å². The third-order valence-electron chi connectivity index (χ3n) is 2.09. The quantitative estimate of drug-likeness (QED) is 0.494. The lowest BCUT2D eigenvalue weighted by Crippen LogP contribution is -1.71. The Kier molecular flexibility index (Phi) is 6.74. The normalized spacial score (nSPS) is 28.6. The van der Waals surface area contributed by atoms with Crippen molar-refractivity contribution in [3.63, 3.8) is 0 Å². The zero-order valence-corrected chi connectivity index (χ0v) is 8.73. The first kappa shape index (κ1) is 11.0. The maximum absolute atomic E-state index is 2.28. The molecule has 1 aliphatic rings. The smallest absolute Gasteiger partial charge is 0.0133 e. The van der Waals surface area contributed by atoms with Crippen LogP contribution in [-0.4, -0.2) is 0 Å². The maximum Gasteiger partial charge on any atom is -0.0133 e. The van der Waals surface area contributed by atoms with E-state index in [1.54, 1.807) is 0 Å². The van der Waals surface area contributed by atoms with Gasteiger partial charge < -0.3 is 0 Å². The van der Waals surface area contributed by atoms with E-state index in [4.69, 9.17) is 0 Å². The number of rotatable bonds is 0. The molecule has 0 aromatic heterocycles. The zero-order chi connectivity index (χ0) is 9.90. The zero-order valence-electron chi connectivity index (χ0n) is 8.73. The Bertz CT molecular complexity index is 202. The van der Waals surface area contributed by atoms with Crippen LogP contribution in [0, 0.1) is 6.42 Å². The molecule has 0 spiro atoms.